The molecule has 1 amide bonds. The van der Waals surface area contributed by atoms with E-state index in [9.17, 15) is 14.7 Å². The van der Waals surface area contributed by atoms with Gasteiger partial charge in [-0.3, -0.25) is 9.59 Å². The number of ether oxygens (including phenoxy) is 1. The number of anilines is 1. The summed E-state index contributed by atoms with van der Waals surface area (Å²) in [6.07, 6.45) is 3.50. The predicted molar refractivity (Wildman–Crippen MR) is 93.4 cm³/mol. The van der Waals surface area contributed by atoms with Gasteiger partial charge in [-0.1, -0.05) is 19.1 Å². The van der Waals surface area contributed by atoms with Crippen LogP contribution in [0.25, 0.3) is 6.08 Å². The lowest BCUT2D eigenvalue weighted by molar-refractivity contribution is -0.115. The van der Waals surface area contributed by atoms with Crippen molar-refractivity contribution in [2.45, 2.75) is 13.3 Å². The molecule has 0 aliphatic rings. The first-order valence-corrected chi connectivity index (χ1v) is 7.52. The van der Waals surface area contributed by atoms with Crippen LogP contribution in [-0.4, -0.2) is 23.9 Å². The molecule has 2 N–H and O–H groups in total. The lowest BCUT2D eigenvalue weighted by Crippen LogP contribution is -2.09. The predicted octanol–water partition coefficient (Wildman–Crippen LogP) is 3.65. The maximum atomic E-state index is 12.2. The second-order valence-corrected chi connectivity index (χ2v) is 5.11. The van der Waals surface area contributed by atoms with E-state index < -0.39 is 0 Å². The van der Waals surface area contributed by atoms with Crippen LogP contribution in [0.3, 0.4) is 0 Å². The van der Waals surface area contributed by atoms with Gasteiger partial charge >= 0.3 is 0 Å². The zero-order chi connectivity index (χ0) is 17.5. The van der Waals surface area contributed by atoms with Gasteiger partial charge in [0, 0.05) is 17.7 Å². The van der Waals surface area contributed by atoms with Crippen LogP contribution in [0.5, 0.6) is 11.5 Å². The zero-order valence-electron chi connectivity index (χ0n) is 13.6. The number of methoxy groups -OCH3 is 1. The number of nitrogens with one attached hydrogen (secondary N) is 1. The highest BCUT2D eigenvalue weighted by atomic mass is 16.5. The lowest BCUT2D eigenvalue weighted by Gasteiger charge is -2.04. The Hall–Kier alpha value is -3.08. The quantitative estimate of drug-likeness (QED) is 0.628. The topological polar surface area (TPSA) is 75.6 Å². The number of amides is 1. The van der Waals surface area contributed by atoms with Crippen molar-refractivity contribution >= 4 is 23.5 Å². The Morgan fingerprint density at radius 1 is 1.17 bits per heavy atom. The summed E-state index contributed by atoms with van der Waals surface area (Å²) in [7, 11) is 1.46. The summed E-state index contributed by atoms with van der Waals surface area (Å²) in [5, 5.41) is 12.3. The van der Waals surface area contributed by atoms with Crippen molar-refractivity contribution in [3.05, 3.63) is 59.7 Å². The third-order valence-electron chi connectivity index (χ3n) is 3.41. The molecular weight excluding hydrogens is 306 g/mol. The van der Waals surface area contributed by atoms with E-state index in [0.717, 1.165) is 5.56 Å². The molecule has 124 valence electrons. The minimum Gasteiger partial charge on any atom is -0.504 e. The van der Waals surface area contributed by atoms with Crippen LogP contribution < -0.4 is 10.1 Å². The number of carbonyl (C=O) groups excluding carboxylic acids is 2. The minimum absolute atomic E-state index is 0.0469. The Morgan fingerprint density at radius 2 is 1.88 bits per heavy atom. The van der Waals surface area contributed by atoms with Gasteiger partial charge in [0.1, 0.15) is 0 Å². The maximum Gasteiger partial charge on any atom is 0.224 e. The third-order valence-corrected chi connectivity index (χ3v) is 3.41. The Balaban J connectivity index is 2.07. The van der Waals surface area contributed by atoms with Crippen LogP contribution in [-0.2, 0) is 4.79 Å². The molecule has 2 aromatic rings. The number of phenols is 1. The fraction of sp³-hybridized carbons (Fsp3) is 0.158. The standard InChI is InChI=1S/C19H19NO4/c1-3-19(23)20-15-8-6-14(7-9-15)16(21)10-4-13-5-11-17(22)18(12-13)24-2/h4-12,22H,3H2,1-2H3,(H,20,23)/b10-4+. The van der Waals surface area contributed by atoms with Gasteiger partial charge in [-0.05, 0) is 48.0 Å². The Bertz CT molecular complexity index is 763. The molecule has 0 radical (unpaired) electrons. The van der Waals surface area contributed by atoms with Crippen LogP contribution in [0.15, 0.2) is 48.5 Å². The Kier molecular flexibility index (Phi) is 5.73. The van der Waals surface area contributed by atoms with E-state index in [1.54, 1.807) is 49.4 Å². The van der Waals surface area contributed by atoms with E-state index >= 15 is 0 Å². The smallest absolute Gasteiger partial charge is 0.224 e. The van der Waals surface area contributed by atoms with Gasteiger partial charge in [-0.2, -0.15) is 0 Å². The number of aromatic hydroxyl groups is 1. The van der Waals surface area contributed by atoms with Crippen molar-refractivity contribution < 1.29 is 19.4 Å². The average Bonchev–Trinajstić information content (AvgIpc) is 2.61. The number of benzene rings is 2. The van der Waals surface area contributed by atoms with Crippen LogP contribution in [0.4, 0.5) is 5.69 Å². The highest BCUT2D eigenvalue weighted by molar-refractivity contribution is 6.07. The summed E-state index contributed by atoms with van der Waals surface area (Å²) >= 11 is 0. The second kappa shape index (κ2) is 7.97. The van der Waals surface area contributed by atoms with Gasteiger partial charge in [0.25, 0.3) is 0 Å². The van der Waals surface area contributed by atoms with E-state index in [2.05, 4.69) is 5.32 Å². The normalized spacial score (nSPS) is 10.6. The van der Waals surface area contributed by atoms with E-state index in [4.69, 9.17) is 4.74 Å². The summed E-state index contributed by atoms with van der Waals surface area (Å²) in [6, 6.07) is 11.5. The number of rotatable bonds is 6. The summed E-state index contributed by atoms with van der Waals surface area (Å²) in [5.74, 6) is 0.164. The maximum absolute atomic E-state index is 12.2. The number of hydrogen-bond acceptors (Lipinski definition) is 4. The Morgan fingerprint density at radius 3 is 2.50 bits per heavy atom. The van der Waals surface area contributed by atoms with Gasteiger partial charge in [0.2, 0.25) is 5.91 Å². The number of carbonyl (C=O) groups is 2. The molecule has 0 aliphatic heterocycles. The highest BCUT2D eigenvalue weighted by Crippen LogP contribution is 2.26. The molecule has 0 saturated carbocycles. The minimum atomic E-state index is -0.157. The summed E-state index contributed by atoms with van der Waals surface area (Å²) < 4.78 is 5.03. The van der Waals surface area contributed by atoms with Gasteiger partial charge < -0.3 is 15.2 Å². The van der Waals surface area contributed by atoms with Crippen LogP contribution in [0, 0.1) is 0 Å². The molecular formula is C19H19NO4. The van der Waals surface area contributed by atoms with E-state index in [0.29, 0.717) is 23.4 Å². The summed E-state index contributed by atoms with van der Waals surface area (Å²) in [4.78, 5) is 23.5. The van der Waals surface area contributed by atoms with E-state index in [-0.39, 0.29) is 17.4 Å². The van der Waals surface area contributed by atoms with Crippen molar-refractivity contribution in [3.63, 3.8) is 0 Å². The molecule has 2 aromatic carbocycles. The van der Waals surface area contributed by atoms with E-state index in [1.165, 1.54) is 19.3 Å². The van der Waals surface area contributed by atoms with E-state index in [1.807, 2.05) is 0 Å². The van der Waals surface area contributed by atoms with Gasteiger partial charge in [-0.25, -0.2) is 0 Å². The second-order valence-electron chi connectivity index (χ2n) is 5.11. The summed E-state index contributed by atoms with van der Waals surface area (Å²) in [5.41, 5.74) is 1.92. The lowest BCUT2D eigenvalue weighted by atomic mass is 10.1. The van der Waals surface area contributed by atoms with Crippen molar-refractivity contribution in [2.75, 3.05) is 12.4 Å². The molecule has 0 aromatic heterocycles. The molecule has 0 aliphatic carbocycles. The molecule has 0 unspecified atom stereocenters. The van der Waals surface area contributed by atoms with Crippen molar-refractivity contribution in [1.29, 1.82) is 0 Å². The molecule has 24 heavy (non-hydrogen) atoms. The van der Waals surface area contributed by atoms with Gasteiger partial charge in [0.15, 0.2) is 17.3 Å². The first-order valence-electron chi connectivity index (χ1n) is 7.52. The molecule has 5 heteroatoms. The number of ketones is 1. The van der Waals surface area contributed by atoms with Gasteiger partial charge in [-0.15, -0.1) is 0 Å². The fourth-order valence-electron chi connectivity index (χ4n) is 2.03. The third kappa shape index (κ3) is 4.46. The molecule has 0 heterocycles. The summed E-state index contributed by atoms with van der Waals surface area (Å²) in [6.45, 7) is 1.77. The highest BCUT2D eigenvalue weighted by Gasteiger charge is 2.04. The van der Waals surface area contributed by atoms with Crippen molar-refractivity contribution in [1.82, 2.24) is 0 Å². The largest absolute Gasteiger partial charge is 0.504 e. The molecule has 0 fully saturated rings. The monoisotopic (exact) mass is 325 g/mol. The molecule has 0 atom stereocenters. The molecule has 0 saturated heterocycles. The SMILES string of the molecule is CCC(=O)Nc1ccc(C(=O)/C=C/c2ccc(O)c(OC)c2)cc1. The molecule has 5 nitrogen and oxygen atoms in total. The molecule has 2 rings (SSSR count). The zero-order valence-corrected chi connectivity index (χ0v) is 13.6. The Labute approximate surface area is 140 Å². The number of phenolic OH excluding ortho intramolecular Hbond substituents is 1. The first kappa shape index (κ1) is 17.3. The first-order chi connectivity index (χ1) is 11.5. The van der Waals surface area contributed by atoms with Gasteiger partial charge in [0.05, 0.1) is 7.11 Å². The molecule has 0 bridgehead atoms. The van der Waals surface area contributed by atoms with Crippen LogP contribution in [0.1, 0.15) is 29.3 Å². The molecule has 0 spiro atoms. The van der Waals surface area contributed by atoms with Crippen LogP contribution in [0.2, 0.25) is 0 Å². The van der Waals surface area contributed by atoms with Crippen molar-refractivity contribution in [3.8, 4) is 11.5 Å². The van der Waals surface area contributed by atoms with Crippen LogP contribution >= 0.6 is 0 Å². The average molecular weight is 325 g/mol. The fourth-order valence-corrected chi connectivity index (χ4v) is 2.03. The van der Waals surface area contributed by atoms with Crippen molar-refractivity contribution in [2.24, 2.45) is 0 Å². The number of allylic oxidation sites excluding steroid dienone is 1. The number of hydrogen-bond donors (Lipinski definition) is 2.